The van der Waals surface area contributed by atoms with Crippen molar-refractivity contribution in [3.8, 4) is 11.5 Å². The zero-order chi connectivity index (χ0) is 30.8. The molecule has 3 nitrogen and oxygen atoms in total. The van der Waals surface area contributed by atoms with Crippen molar-refractivity contribution < 1.29 is 53.7 Å². The van der Waals surface area contributed by atoms with Crippen molar-refractivity contribution in [2.45, 2.75) is 49.7 Å². The van der Waals surface area contributed by atoms with Gasteiger partial charge in [-0.15, -0.1) is 0 Å². The summed E-state index contributed by atoms with van der Waals surface area (Å²) in [6.45, 7) is 0.676. The van der Waals surface area contributed by atoms with E-state index in [1.807, 2.05) is 6.92 Å². The highest BCUT2D eigenvalue weighted by Gasteiger charge is 2.73. The van der Waals surface area contributed by atoms with Crippen molar-refractivity contribution in [3.63, 3.8) is 0 Å². The quantitative estimate of drug-likeness (QED) is 0.224. The molecule has 3 aromatic carbocycles. The lowest BCUT2D eigenvalue weighted by molar-refractivity contribution is -0.359. The van der Waals surface area contributed by atoms with Crippen LogP contribution in [0.25, 0.3) is 0 Å². The molecule has 0 aliphatic carbocycles. The van der Waals surface area contributed by atoms with E-state index in [-0.39, 0.29) is 16.9 Å². The van der Waals surface area contributed by atoms with Crippen LogP contribution in [0.15, 0.2) is 66.7 Å². The van der Waals surface area contributed by atoms with E-state index in [1.165, 1.54) is 30.3 Å². The van der Waals surface area contributed by atoms with Crippen LogP contribution >= 0.6 is 11.6 Å². The van der Waals surface area contributed by atoms with Crippen LogP contribution < -0.4 is 10.1 Å². The molecular weight excluding hydrogens is 596 g/mol. The average Bonchev–Trinajstić information content (AvgIpc) is 2.89. The number of aliphatic hydroxyl groups is 1. The maximum atomic E-state index is 14.4. The number of benzene rings is 3. The predicted molar refractivity (Wildman–Crippen MR) is 131 cm³/mol. The van der Waals surface area contributed by atoms with Crippen LogP contribution in [0.5, 0.6) is 11.5 Å². The Bertz CT molecular complexity index is 1340. The van der Waals surface area contributed by atoms with E-state index in [0.29, 0.717) is 29.3 Å². The van der Waals surface area contributed by atoms with Gasteiger partial charge in [-0.1, -0.05) is 48.9 Å². The van der Waals surface area contributed by atoms with Gasteiger partial charge in [-0.25, -0.2) is 0 Å². The van der Waals surface area contributed by atoms with Gasteiger partial charge in [0.2, 0.25) is 0 Å². The van der Waals surface area contributed by atoms with E-state index < -0.39 is 48.5 Å². The molecule has 0 fully saturated rings. The lowest BCUT2D eigenvalue weighted by Crippen LogP contribution is -2.50. The van der Waals surface area contributed by atoms with E-state index >= 15 is 0 Å². The van der Waals surface area contributed by atoms with Crippen LogP contribution in [-0.2, 0) is 12.3 Å². The van der Waals surface area contributed by atoms with Crippen LogP contribution in [0, 0.1) is 0 Å². The zero-order valence-corrected chi connectivity index (χ0v) is 21.7. The Morgan fingerprint density at radius 3 is 1.98 bits per heavy atom. The van der Waals surface area contributed by atoms with Gasteiger partial charge in [0.25, 0.3) is 0 Å². The summed E-state index contributed by atoms with van der Waals surface area (Å²) < 4.78 is 139. The standard InChI is InChI=1S/C27H22ClF10NO2/c1-2-15-12-20(9-10-21(15)28)41-19-8-4-6-17(13-19)23(39-14-22(40)25(31,32)33)16-5-3-7-18(11-16)24(29,30)26(34,35)27(36,37)38/h3-13,22-23,39-40H,2,14H2,1H3/t22-,23?/m1/s1. The molecule has 41 heavy (non-hydrogen) atoms. The summed E-state index contributed by atoms with van der Waals surface area (Å²) in [5.74, 6) is -11.7. The van der Waals surface area contributed by atoms with Gasteiger partial charge in [0, 0.05) is 17.1 Å². The summed E-state index contributed by atoms with van der Waals surface area (Å²) in [7, 11) is 0. The van der Waals surface area contributed by atoms with Crippen molar-refractivity contribution in [1.29, 1.82) is 0 Å². The molecule has 0 aromatic heterocycles. The van der Waals surface area contributed by atoms with Crippen LogP contribution in [-0.4, -0.2) is 36.0 Å². The second-order valence-corrected chi connectivity index (χ2v) is 9.36. The van der Waals surface area contributed by atoms with Crippen LogP contribution in [0.4, 0.5) is 43.9 Å². The molecular formula is C27H22ClF10NO2. The molecule has 3 aromatic rings. The van der Waals surface area contributed by atoms with Crippen molar-refractivity contribution in [2.24, 2.45) is 0 Å². The summed E-state index contributed by atoms with van der Waals surface area (Å²) in [5, 5.41) is 12.3. The molecule has 2 atom stereocenters. The van der Waals surface area contributed by atoms with E-state index in [4.69, 9.17) is 16.3 Å². The highest BCUT2D eigenvalue weighted by molar-refractivity contribution is 6.31. The molecule has 3 rings (SSSR count). The predicted octanol–water partition coefficient (Wildman–Crippen LogP) is 8.59. The Labute approximate surface area is 232 Å². The molecule has 2 N–H and O–H groups in total. The number of rotatable bonds is 10. The third-order valence-electron chi connectivity index (χ3n) is 6.05. The van der Waals surface area contributed by atoms with Gasteiger partial charge in [-0.3, -0.25) is 0 Å². The molecule has 0 amide bonds. The molecule has 0 aliphatic rings. The fourth-order valence-electron chi connectivity index (χ4n) is 3.83. The third kappa shape index (κ3) is 7.25. The summed E-state index contributed by atoms with van der Waals surface area (Å²) in [4.78, 5) is 0. The molecule has 0 aliphatic heterocycles. The molecule has 0 saturated heterocycles. The molecule has 0 bridgehead atoms. The molecule has 224 valence electrons. The number of hydrogen-bond acceptors (Lipinski definition) is 3. The lowest BCUT2D eigenvalue weighted by atomic mass is 9.93. The molecule has 0 heterocycles. The highest BCUT2D eigenvalue weighted by Crippen LogP contribution is 2.52. The number of aryl methyl sites for hydroxylation is 1. The normalized spacial score (nSPS) is 14.6. The Morgan fingerprint density at radius 1 is 0.805 bits per heavy atom. The monoisotopic (exact) mass is 617 g/mol. The van der Waals surface area contributed by atoms with Gasteiger partial charge >= 0.3 is 24.2 Å². The second-order valence-electron chi connectivity index (χ2n) is 8.95. The number of halogens is 11. The molecule has 0 radical (unpaired) electrons. The lowest BCUT2D eigenvalue weighted by Gasteiger charge is -2.29. The van der Waals surface area contributed by atoms with Crippen LogP contribution in [0.2, 0.25) is 5.02 Å². The SMILES string of the molecule is CCc1cc(Oc2cccc(C(NC[C@@H](O)C(F)(F)F)c3cccc(C(F)(F)C(F)(F)C(F)(F)F)c3)c2)ccc1Cl. The number of ether oxygens (including phenoxy) is 1. The van der Waals surface area contributed by atoms with Crippen molar-refractivity contribution in [2.75, 3.05) is 6.54 Å². The first-order chi connectivity index (χ1) is 18.9. The number of hydrogen-bond donors (Lipinski definition) is 2. The Morgan fingerprint density at radius 2 is 1.39 bits per heavy atom. The minimum Gasteiger partial charge on any atom is -0.457 e. The molecule has 14 heteroatoms. The summed E-state index contributed by atoms with van der Waals surface area (Å²) in [6, 6.07) is 11.2. The first-order valence-electron chi connectivity index (χ1n) is 11.9. The van der Waals surface area contributed by atoms with Crippen molar-refractivity contribution in [3.05, 3.63) is 94.0 Å². The van der Waals surface area contributed by atoms with E-state index in [9.17, 15) is 49.0 Å². The van der Waals surface area contributed by atoms with Gasteiger partial charge in [-0.2, -0.15) is 43.9 Å². The summed E-state index contributed by atoms with van der Waals surface area (Å²) in [6.07, 6.45) is -14.0. The van der Waals surface area contributed by atoms with Gasteiger partial charge in [0.05, 0.1) is 6.04 Å². The second kappa shape index (κ2) is 12.1. The average molecular weight is 618 g/mol. The van der Waals surface area contributed by atoms with Crippen LogP contribution in [0.3, 0.4) is 0 Å². The minimum atomic E-state index is -6.59. The number of aliphatic hydroxyl groups excluding tert-OH is 1. The highest BCUT2D eigenvalue weighted by atomic mass is 35.5. The smallest absolute Gasteiger partial charge is 0.457 e. The zero-order valence-electron chi connectivity index (χ0n) is 20.9. The van der Waals surface area contributed by atoms with E-state index in [0.717, 1.165) is 17.7 Å². The third-order valence-corrected chi connectivity index (χ3v) is 6.42. The number of alkyl halides is 10. The van der Waals surface area contributed by atoms with Gasteiger partial charge in [0.15, 0.2) is 6.10 Å². The number of nitrogens with one attached hydrogen (secondary N) is 1. The fourth-order valence-corrected chi connectivity index (χ4v) is 4.08. The maximum absolute atomic E-state index is 14.4. The Balaban J connectivity index is 2.04. The molecule has 0 spiro atoms. The fraction of sp³-hybridized carbons (Fsp3) is 0.333. The van der Waals surface area contributed by atoms with Crippen molar-refractivity contribution >= 4 is 11.6 Å². The van der Waals surface area contributed by atoms with Gasteiger partial charge < -0.3 is 15.2 Å². The maximum Gasteiger partial charge on any atom is 0.460 e. The van der Waals surface area contributed by atoms with Gasteiger partial charge in [0.1, 0.15) is 11.5 Å². The first kappa shape index (κ1) is 32.5. The first-order valence-corrected chi connectivity index (χ1v) is 12.2. The van der Waals surface area contributed by atoms with Crippen LogP contribution in [0.1, 0.15) is 35.2 Å². The summed E-state index contributed by atoms with van der Waals surface area (Å²) >= 11 is 6.10. The molecule has 1 unspecified atom stereocenters. The topological polar surface area (TPSA) is 41.5 Å². The van der Waals surface area contributed by atoms with Gasteiger partial charge in [-0.05, 0) is 59.5 Å². The largest absolute Gasteiger partial charge is 0.460 e. The van der Waals surface area contributed by atoms with Crippen molar-refractivity contribution in [1.82, 2.24) is 5.32 Å². The van der Waals surface area contributed by atoms with E-state index in [1.54, 1.807) is 12.1 Å². The Kier molecular flexibility index (Phi) is 9.56. The van der Waals surface area contributed by atoms with E-state index in [2.05, 4.69) is 5.32 Å². The summed E-state index contributed by atoms with van der Waals surface area (Å²) in [5.41, 5.74) is -1.30. The molecule has 0 saturated carbocycles. The Hall–Kier alpha value is -3.03. The minimum absolute atomic E-state index is 0.0598.